The zero-order valence-corrected chi connectivity index (χ0v) is 20.5. The molecule has 0 unspecified atom stereocenters. The zero-order chi connectivity index (χ0) is 27.3. The number of halogens is 3. The number of carbonyl (C=O) groups is 2. The summed E-state index contributed by atoms with van der Waals surface area (Å²) < 4.78 is 42.2. The largest absolute Gasteiger partial charge is 0.573 e. The Labute approximate surface area is 216 Å². The van der Waals surface area contributed by atoms with Gasteiger partial charge < -0.3 is 24.4 Å². The summed E-state index contributed by atoms with van der Waals surface area (Å²) >= 11 is 0. The zero-order valence-electron chi connectivity index (χ0n) is 20.5. The lowest BCUT2D eigenvalue weighted by Crippen LogP contribution is -2.49. The molecule has 1 fully saturated rings. The van der Waals surface area contributed by atoms with Crippen LogP contribution in [0.4, 0.5) is 24.8 Å². The van der Waals surface area contributed by atoms with Gasteiger partial charge in [-0.2, -0.15) is 0 Å². The first-order valence-corrected chi connectivity index (χ1v) is 11.8. The summed E-state index contributed by atoms with van der Waals surface area (Å²) in [6.07, 6.45) is -1.21. The topological polar surface area (TPSA) is 116 Å². The monoisotopic (exact) mass is 529 g/mol. The van der Waals surface area contributed by atoms with Crippen LogP contribution >= 0.6 is 0 Å². The van der Waals surface area contributed by atoms with Crippen LogP contribution in [0.5, 0.6) is 5.75 Å². The van der Waals surface area contributed by atoms with E-state index in [1.807, 2.05) is 18.2 Å². The van der Waals surface area contributed by atoms with Gasteiger partial charge in [0, 0.05) is 45.6 Å². The second-order valence-electron chi connectivity index (χ2n) is 8.65. The Morgan fingerprint density at radius 2 is 1.79 bits per heavy atom. The van der Waals surface area contributed by atoms with E-state index in [2.05, 4.69) is 24.9 Å². The highest BCUT2D eigenvalue weighted by atomic mass is 19.4. The van der Waals surface area contributed by atoms with Crippen LogP contribution in [0, 0.1) is 5.41 Å². The highest BCUT2D eigenvalue weighted by Gasteiger charge is 2.31. The van der Waals surface area contributed by atoms with E-state index in [1.54, 1.807) is 18.1 Å². The van der Waals surface area contributed by atoms with Crippen LogP contribution in [0.15, 0.2) is 54.9 Å². The van der Waals surface area contributed by atoms with Crippen molar-refractivity contribution in [1.29, 1.82) is 5.41 Å². The predicted molar refractivity (Wildman–Crippen MR) is 133 cm³/mol. The molecule has 1 aliphatic heterocycles. The van der Waals surface area contributed by atoms with Crippen LogP contribution in [0.25, 0.3) is 0 Å². The van der Waals surface area contributed by atoms with Crippen molar-refractivity contribution in [2.75, 3.05) is 36.4 Å². The fourth-order valence-corrected chi connectivity index (χ4v) is 3.98. The summed E-state index contributed by atoms with van der Waals surface area (Å²) in [5.41, 5.74) is 0.413. The number of pyridine rings is 1. The number of hydrogen-bond acceptors (Lipinski definition) is 7. The van der Waals surface area contributed by atoms with Gasteiger partial charge >= 0.3 is 6.36 Å². The van der Waals surface area contributed by atoms with Gasteiger partial charge in [-0.3, -0.25) is 15.0 Å². The van der Waals surface area contributed by atoms with E-state index in [-0.39, 0.29) is 41.9 Å². The number of nitrogens with zero attached hydrogens (tertiary/aromatic N) is 5. The molecule has 3 aromatic rings. The number of aryl methyl sites for hydroxylation is 2. The molecular weight excluding hydrogens is 503 g/mol. The predicted octanol–water partition coefficient (Wildman–Crippen LogP) is 3.27. The Morgan fingerprint density at radius 3 is 2.42 bits per heavy atom. The highest BCUT2D eigenvalue weighted by Crippen LogP contribution is 2.23. The summed E-state index contributed by atoms with van der Waals surface area (Å²) in [5, 5.41) is 10.6. The molecule has 1 aliphatic rings. The number of ether oxygens (including phenoxy) is 1. The molecular formula is C25H26F3N7O3. The Hall–Kier alpha value is -4.42. The third kappa shape index (κ3) is 6.87. The van der Waals surface area contributed by atoms with Crippen molar-refractivity contribution in [3.05, 3.63) is 66.2 Å². The molecule has 200 valence electrons. The summed E-state index contributed by atoms with van der Waals surface area (Å²) in [6, 6.07) is 10.9. The first-order chi connectivity index (χ1) is 18.1. The Balaban J connectivity index is 1.27. The summed E-state index contributed by atoms with van der Waals surface area (Å²) in [5.74, 6) is -0.114. The van der Waals surface area contributed by atoms with E-state index in [0.717, 1.165) is 5.82 Å². The number of amides is 2. The molecule has 10 nitrogen and oxygen atoms in total. The molecule has 1 saturated heterocycles. The minimum atomic E-state index is -4.77. The molecule has 2 N–H and O–H groups in total. The van der Waals surface area contributed by atoms with Crippen molar-refractivity contribution >= 4 is 29.2 Å². The number of nitrogens with one attached hydrogen (secondary N) is 2. The van der Waals surface area contributed by atoms with Gasteiger partial charge in [-0.25, -0.2) is 9.97 Å². The van der Waals surface area contributed by atoms with E-state index in [0.29, 0.717) is 31.7 Å². The highest BCUT2D eigenvalue weighted by molar-refractivity contribution is 6.41. The molecule has 2 amide bonds. The third-order valence-electron chi connectivity index (χ3n) is 5.94. The van der Waals surface area contributed by atoms with Crippen molar-refractivity contribution in [2.45, 2.75) is 19.2 Å². The van der Waals surface area contributed by atoms with E-state index in [1.165, 1.54) is 35.0 Å². The number of rotatable bonds is 8. The second kappa shape index (κ2) is 11.3. The lowest BCUT2D eigenvalue weighted by Gasteiger charge is -2.35. The molecule has 4 rings (SSSR count). The lowest BCUT2D eigenvalue weighted by molar-refractivity contribution is -0.274. The first-order valence-electron chi connectivity index (χ1n) is 11.8. The molecule has 2 aromatic heterocycles. The minimum Gasteiger partial charge on any atom is -0.406 e. The number of anilines is 2. The van der Waals surface area contributed by atoms with Gasteiger partial charge in [0.25, 0.3) is 11.8 Å². The molecule has 0 saturated carbocycles. The van der Waals surface area contributed by atoms with Crippen molar-refractivity contribution in [3.63, 3.8) is 0 Å². The SMILES string of the molecule is Cn1cc(NC(=O)C(=N)CCc2ccc(OC(F)(F)F)cc2)nc1C(=O)N1CCN(c2ccccn2)CC1. The van der Waals surface area contributed by atoms with Crippen molar-refractivity contribution < 1.29 is 27.5 Å². The molecule has 0 radical (unpaired) electrons. The summed E-state index contributed by atoms with van der Waals surface area (Å²) in [4.78, 5) is 37.9. The minimum absolute atomic E-state index is 0.0600. The van der Waals surface area contributed by atoms with E-state index >= 15 is 0 Å². The smallest absolute Gasteiger partial charge is 0.406 e. The molecule has 0 bridgehead atoms. The number of aromatic nitrogens is 3. The number of imidazole rings is 1. The fourth-order valence-electron chi connectivity index (χ4n) is 3.98. The Morgan fingerprint density at radius 1 is 1.08 bits per heavy atom. The van der Waals surface area contributed by atoms with Gasteiger partial charge in [0.2, 0.25) is 5.82 Å². The van der Waals surface area contributed by atoms with Crippen molar-refractivity contribution in [2.24, 2.45) is 7.05 Å². The van der Waals surface area contributed by atoms with E-state index in [4.69, 9.17) is 5.41 Å². The maximum Gasteiger partial charge on any atom is 0.573 e. The maximum absolute atomic E-state index is 13.0. The van der Waals surface area contributed by atoms with Gasteiger partial charge in [0.15, 0.2) is 5.82 Å². The maximum atomic E-state index is 13.0. The van der Waals surface area contributed by atoms with Crippen LogP contribution in [-0.4, -0.2) is 69.5 Å². The van der Waals surface area contributed by atoms with Gasteiger partial charge in [-0.05, 0) is 42.7 Å². The van der Waals surface area contributed by atoms with Gasteiger partial charge in [-0.15, -0.1) is 13.2 Å². The number of carbonyl (C=O) groups excluding carboxylic acids is 2. The number of alkyl halides is 3. The van der Waals surface area contributed by atoms with Gasteiger partial charge in [0.05, 0.1) is 5.71 Å². The summed E-state index contributed by atoms with van der Waals surface area (Å²) in [7, 11) is 1.65. The Kier molecular flexibility index (Phi) is 7.93. The third-order valence-corrected chi connectivity index (χ3v) is 5.94. The fraction of sp³-hybridized carbons (Fsp3) is 0.320. The normalized spacial score (nSPS) is 13.8. The summed E-state index contributed by atoms with van der Waals surface area (Å²) in [6.45, 7) is 2.26. The molecule has 0 aliphatic carbocycles. The first kappa shape index (κ1) is 26.6. The average Bonchev–Trinajstić information content (AvgIpc) is 3.27. The standard InChI is InChI=1S/C25H26F3N7O3/c1-33-16-20(31-22(33)24(37)35-14-12-34(13-15-35)21-4-2-3-11-30-21)32-23(36)19(29)10-7-17-5-8-18(9-6-17)38-25(26,27)28/h2-6,8-9,11,16,29H,7,10,12-15H2,1H3,(H,32,36). The number of piperazine rings is 1. The molecule has 1 aromatic carbocycles. The second-order valence-corrected chi connectivity index (χ2v) is 8.65. The van der Waals surface area contributed by atoms with Crippen LogP contribution < -0.4 is 15.0 Å². The number of benzene rings is 1. The van der Waals surface area contributed by atoms with Crippen LogP contribution in [0.3, 0.4) is 0 Å². The molecule has 3 heterocycles. The van der Waals surface area contributed by atoms with Crippen LogP contribution in [0.1, 0.15) is 22.6 Å². The Bertz CT molecular complexity index is 1290. The van der Waals surface area contributed by atoms with Crippen molar-refractivity contribution in [1.82, 2.24) is 19.4 Å². The van der Waals surface area contributed by atoms with Gasteiger partial charge in [0.1, 0.15) is 11.6 Å². The van der Waals surface area contributed by atoms with E-state index < -0.39 is 12.3 Å². The lowest BCUT2D eigenvalue weighted by atomic mass is 10.1. The number of hydrogen-bond donors (Lipinski definition) is 2. The van der Waals surface area contributed by atoms with Crippen LogP contribution in [-0.2, 0) is 18.3 Å². The molecule has 13 heteroatoms. The van der Waals surface area contributed by atoms with Crippen molar-refractivity contribution in [3.8, 4) is 5.75 Å². The quantitative estimate of drug-likeness (QED) is 0.433. The average molecular weight is 530 g/mol. The van der Waals surface area contributed by atoms with Gasteiger partial charge in [-0.1, -0.05) is 18.2 Å². The van der Waals surface area contributed by atoms with E-state index in [9.17, 15) is 22.8 Å². The molecule has 0 atom stereocenters. The molecule has 0 spiro atoms. The van der Waals surface area contributed by atoms with Crippen LogP contribution in [0.2, 0.25) is 0 Å². The molecule has 38 heavy (non-hydrogen) atoms.